The number of aliphatic imine (C=N–C) groups is 1. The quantitative estimate of drug-likeness (QED) is 0.390. The summed E-state index contributed by atoms with van der Waals surface area (Å²) in [6.45, 7) is 0. The highest BCUT2D eigenvalue weighted by molar-refractivity contribution is 8.13. The Bertz CT molecular complexity index is 640. The second-order valence-corrected chi connectivity index (χ2v) is 4.42. The Labute approximate surface area is 108 Å². The minimum Gasteiger partial charge on any atom is -0.378 e. The maximum Gasteiger partial charge on any atom is 0.270 e. The Hall–Kier alpha value is -2.08. The molecule has 0 amide bonds. The van der Waals surface area contributed by atoms with Crippen LogP contribution >= 0.6 is 11.8 Å². The molecule has 92 valence electrons. The summed E-state index contributed by atoms with van der Waals surface area (Å²) in [5.41, 5.74) is 6.36. The van der Waals surface area contributed by atoms with E-state index in [0.29, 0.717) is 10.9 Å². The molecule has 6 heteroatoms. The van der Waals surface area contributed by atoms with E-state index in [9.17, 15) is 10.1 Å². The number of nitrogens with zero attached hydrogens (tertiary/aromatic N) is 2. The number of nitro benzene ring substituents is 1. The van der Waals surface area contributed by atoms with E-state index in [1.165, 1.54) is 23.9 Å². The first kappa shape index (κ1) is 12.4. The summed E-state index contributed by atoms with van der Waals surface area (Å²) in [5.74, 6) is 0. The van der Waals surface area contributed by atoms with Gasteiger partial charge in [-0.15, -0.1) is 0 Å². The number of thioether (sulfide) groups is 1. The minimum absolute atomic E-state index is 0.0490. The third-order valence-corrected chi connectivity index (χ3v) is 3.00. The summed E-state index contributed by atoms with van der Waals surface area (Å²) in [6, 6.07) is 10.2. The van der Waals surface area contributed by atoms with Crippen molar-refractivity contribution in [2.75, 3.05) is 6.26 Å². The first-order valence-corrected chi connectivity index (χ1v) is 6.39. The van der Waals surface area contributed by atoms with Crippen molar-refractivity contribution in [1.82, 2.24) is 0 Å². The maximum absolute atomic E-state index is 10.8. The fourth-order valence-electron chi connectivity index (χ4n) is 1.62. The van der Waals surface area contributed by atoms with Crippen LogP contribution in [0.1, 0.15) is 0 Å². The van der Waals surface area contributed by atoms with Gasteiger partial charge < -0.3 is 5.73 Å². The number of nitro groups is 1. The predicted octanol–water partition coefficient (Wildman–Crippen LogP) is 3.06. The molecule has 0 heterocycles. The summed E-state index contributed by atoms with van der Waals surface area (Å²) in [6.07, 6.45) is 1.83. The molecule has 0 saturated heterocycles. The normalized spacial score (nSPS) is 11.7. The highest BCUT2D eigenvalue weighted by Gasteiger charge is 2.08. The minimum atomic E-state index is -0.419. The molecule has 0 aliphatic heterocycles. The molecule has 2 N–H and O–H groups in total. The average molecular weight is 261 g/mol. The van der Waals surface area contributed by atoms with E-state index in [1.54, 1.807) is 12.1 Å². The van der Waals surface area contributed by atoms with Crippen LogP contribution in [-0.4, -0.2) is 16.3 Å². The van der Waals surface area contributed by atoms with Gasteiger partial charge in [0.25, 0.3) is 5.69 Å². The van der Waals surface area contributed by atoms with Gasteiger partial charge in [-0.2, -0.15) is 0 Å². The molecule has 0 bridgehead atoms. The molecule has 0 spiro atoms. The van der Waals surface area contributed by atoms with Crippen molar-refractivity contribution in [3.63, 3.8) is 0 Å². The summed E-state index contributed by atoms with van der Waals surface area (Å²) in [7, 11) is 0. The molecular formula is C12H11N3O2S. The fraction of sp³-hybridized carbons (Fsp3) is 0.0833. The lowest BCUT2D eigenvalue weighted by Crippen LogP contribution is -2.04. The third kappa shape index (κ3) is 2.43. The van der Waals surface area contributed by atoms with Crippen LogP contribution in [0, 0.1) is 10.1 Å². The first-order chi connectivity index (χ1) is 8.61. The van der Waals surface area contributed by atoms with Gasteiger partial charge in [-0.05, 0) is 23.8 Å². The molecule has 0 radical (unpaired) electrons. The smallest absolute Gasteiger partial charge is 0.270 e. The lowest BCUT2D eigenvalue weighted by molar-refractivity contribution is -0.384. The third-order valence-electron chi connectivity index (χ3n) is 2.49. The van der Waals surface area contributed by atoms with Gasteiger partial charge >= 0.3 is 0 Å². The van der Waals surface area contributed by atoms with E-state index < -0.39 is 4.92 Å². The second-order valence-electron chi connectivity index (χ2n) is 3.59. The zero-order valence-corrected chi connectivity index (χ0v) is 10.5. The van der Waals surface area contributed by atoms with Gasteiger partial charge in [-0.25, -0.2) is 4.99 Å². The van der Waals surface area contributed by atoms with Crippen molar-refractivity contribution >= 4 is 39.1 Å². The van der Waals surface area contributed by atoms with Crippen molar-refractivity contribution in [3.05, 3.63) is 46.5 Å². The predicted molar refractivity (Wildman–Crippen MR) is 75.4 cm³/mol. The fourth-order valence-corrected chi connectivity index (χ4v) is 1.81. The summed E-state index contributed by atoms with van der Waals surface area (Å²) in [5, 5.41) is 12.8. The molecule has 0 aromatic heterocycles. The van der Waals surface area contributed by atoms with Gasteiger partial charge in [0.1, 0.15) is 0 Å². The second kappa shape index (κ2) is 5.05. The van der Waals surface area contributed by atoms with Gasteiger partial charge in [-0.3, -0.25) is 10.1 Å². The van der Waals surface area contributed by atoms with Crippen LogP contribution in [0.5, 0.6) is 0 Å². The van der Waals surface area contributed by atoms with Crippen molar-refractivity contribution in [3.8, 4) is 0 Å². The SMILES string of the molecule is CS/C(N)=N\c1cccc2ccc([N+](=O)[O-])cc12. The molecule has 0 aliphatic carbocycles. The molecule has 0 unspecified atom stereocenters. The molecule has 2 aromatic rings. The van der Waals surface area contributed by atoms with E-state index in [0.717, 1.165) is 10.8 Å². The molecular weight excluding hydrogens is 250 g/mol. The van der Waals surface area contributed by atoms with Crippen LogP contribution in [0.3, 0.4) is 0 Å². The lowest BCUT2D eigenvalue weighted by atomic mass is 10.1. The molecule has 0 saturated carbocycles. The number of benzene rings is 2. The van der Waals surface area contributed by atoms with Gasteiger partial charge in [0.05, 0.1) is 10.6 Å². The molecule has 0 atom stereocenters. The number of hydrogen-bond acceptors (Lipinski definition) is 4. The van der Waals surface area contributed by atoms with Gasteiger partial charge in [0, 0.05) is 17.5 Å². The highest BCUT2D eigenvalue weighted by atomic mass is 32.2. The molecule has 18 heavy (non-hydrogen) atoms. The summed E-state index contributed by atoms with van der Waals surface area (Å²) in [4.78, 5) is 14.6. The number of nitrogens with two attached hydrogens (primary N) is 1. The maximum atomic E-state index is 10.8. The number of hydrogen-bond donors (Lipinski definition) is 1. The number of fused-ring (bicyclic) bond motifs is 1. The van der Waals surface area contributed by atoms with Gasteiger partial charge in [0.15, 0.2) is 5.17 Å². The van der Waals surface area contributed by atoms with Gasteiger partial charge in [0.2, 0.25) is 0 Å². The number of non-ortho nitro benzene ring substituents is 1. The topological polar surface area (TPSA) is 81.5 Å². The van der Waals surface area contributed by atoms with Crippen LogP contribution in [0.2, 0.25) is 0 Å². The van der Waals surface area contributed by atoms with E-state index in [-0.39, 0.29) is 5.69 Å². The van der Waals surface area contributed by atoms with Crippen molar-refractivity contribution in [1.29, 1.82) is 0 Å². The Morgan fingerprint density at radius 3 is 2.83 bits per heavy atom. The zero-order chi connectivity index (χ0) is 13.1. The average Bonchev–Trinajstić information content (AvgIpc) is 2.38. The van der Waals surface area contributed by atoms with Crippen molar-refractivity contribution < 1.29 is 4.92 Å². The molecule has 0 aliphatic rings. The Morgan fingerprint density at radius 1 is 1.39 bits per heavy atom. The summed E-state index contributed by atoms with van der Waals surface area (Å²) < 4.78 is 0. The largest absolute Gasteiger partial charge is 0.378 e. The van der Waals surface area contributed by atoms with Crippen LogP contribution in [0.25, 0.3) is 10.8 Å². The van der Waals surface area contributed by atoms with Crippen LogP contribution in [-0.2, 0) is 0 Å². The molecule has 2 rings (SSSR count). The molecule has 5 nitrogen and oxygen atoms in total. The Balaban J connectivity index is 2.66. The number of amidine groups is 1. The monoisotopic (exact) mass is 261 g/mol. The van der Waals surface area contributed by atoms with Crippen molar-refractivity contribution in [2.24, 2.45) is 10.7 Å². The number of rotatable bonds is 2. The zero-order valence-electron chi connectivity index (χ0n) is 9.66. The van der Waals surface area contributed by atoms with Crippen LogP contribution in [0.4, 0.5) is 11.4 Å². The molecule has 2 aromatic carbocycles. The van der Waals surface area contributed by atoms with Crippen molar-refractivity contribution in [2.45, 2.75) is 0 Å². The standard InChI is InChI=1S/C12H11N3O2S/c1-18-12(13)14-11-4-2-3-8-5-6-9(15(16)17)7-10(8)11/h2-7H,1H3,(H2,13,14). The Kier molecular flexibility index (Phi) is 3.47. The lowest BCUT2D eigenvalue weighted by Gasteiger charge is -2.03. The molecule has 0 fully saturated rings. The van der Waals surface area contributed by atoms with E-state index in [1.807, 2.05) is 18.4 Å². The van der Waals surface area contributed by atoms with E-state index >= 15 is 0 Å². The summed E-state index contributed by atoms with van der Waals surface area (Å²) >= 11 is 1.33. The van der Waals surface area contributed by atoms with E-state index in [2.05, 4.69) is 4.99 Å². The highest BCUT2D eigenvalue weighted by Crippen LogP contribution is 2.29. The van der Waals surface area contributed by atoms with Gasteiger partial charge in [-0.1, -0.05) is 23.9 Å². The Morgan fingerprint density at radius 2 is 2.17 bits per heavy atom. The van der Waals surface area contributed by atoms with Crippen LogP contribution in [0.15, 0.2) is 41.4 Å². The van der Waals surface area contributed by atoms with Crippen LogP contribution < -0.4 is 5.73 Å². The first-order valence-electron chi connectivity index (χ1n) is 5.17. The van der Waals surface area contributed by atoms with E-state index in [4.69, 9.17) is 5.73 Å².